The minimum atomic E-state index is 0.480. The van der Waals surface area contributed by atoms with Gasteiger partial charge in [0, 0.05) is 16.3 Å². The number of fused-ring (bicyclic) bond motifs is 7. The van der Waals surface area contributed by atoms with Crippen LogP contribution >= 0.6 is 0 Å². The molecular formula is C58H40N2O. The molecule has 3 nitrogen and oxygen atoms in total. The number of aliphatic imine (C=N–C) groups is 1. The van der Waals surface area contributed by atoms with Gasteiger partial charge in [0.15, 0.2) is 0 Å². The normalized spacial score (nSPS) is 12.3. The summed E-state index contributed by atoms with van der Waals surface area (Å²) in [6.45, 7) is 0. The van der Waals surface area contributed by atoms with Crippen LogP contribution in [0.5, 0.6) is 0 Å². The van der Waals surface area contributed by atoms with Crippen molar-refractivity contribution in [1.82, 2.24) is 0 Å². The predicted molar refractivity (Wildman–Crippen MR) is 258 cm³/mol. The first-order valence-electron chi connectivity index (χ1n) is 20.8. The van der Waals surface area contributed by atoms with Crippen molar-refractivity contribution in [3.05, 3.63) is 235 Å². The molecule has 1 heterocycles. The molecule has 1 aromatic heterocycles. The van der Waals surface area contributed by atoms with Gasteiger partial charge in [-0.1, -0.05) is 200 Å². The Bertz CT molecular complexity index is 3470. The zero-order valence-corrected chi connectivity index (χ0v) is 33.4. The summed E-state index contributed by atoms with van der Waals surface area (Å²) in [7, 11) is 0. The molecule has 10 aromatic carbocycles. The van der Waals surface area contributed by atoms with Gasteiger partial charge in [-0.15, -0.1) is 0 Å². The average molecular weight is 781 g/mol. The molecule has 0 aliphatic carbocycles. The summed E-state index contributed by atoms with van der Waals surface area (Å²) in [5.74, 6) is 0.480. The molecular weight excluding hydrogens is 741 g/mol. The first-order chi connectivity index (χ1) is 30.2. The van der Waals surface area contributed by atoms with Crippen LogP contribution in [0.4, 0.5) is 0 Å². The Morgan fingerprint density at radius 3 is 1.79 bits per heavy atom. The first kappa shape index (κ1) is 36.1. The lowest BCUT2D eigenvalue weighted by atomic mass is 9.84. The van der Waals surface area contributed by atoms with Crippen LogP contribution in [0.15, 0.2) is 228 Å². The van der Waals surface area contributed by atoms with Crippen LogP contribution in [0.2, 0.25) is 0 Å². The Balaban J connectivity index is 0.993. The number of hydrogen-bond donors (Lipinski definition) is 1. The standard InChI is InChI=1S/C58H40N2O/c59-58(44-16-5-2-6-17-44)60-52(35-25-38-23-26-39(27-24-38)45-33-36-54-51(37-45)47-19-11-12-22-53(47)61-54)41-28-30-43(31-29-41)56-49-21-10-9-20-48(49)55(42-14-3-1-4-15-42)50-34-32-40-13-7-8-18-46(40)57(50)56/h1-24,26-37H,25H2,(H2,59,60)/b52-35-. The molecule has 0 saturated carbocycles. The highest BCUT2D eigenvalue weighted by Gasteiger charge is 2.19. The van der Waals surface area contributed by atoms with Crippen molar-refractivity contribution in [1.29, 1.82) is 0 Å². The molecule has 0 aliphatic rings. The Morgan fingerprint density at radius 2 is 1.02 bits per heavy atom. The summed E-state index contributed by atoms with van der Waals surface area (Å²) in [6.07, 6.45) is 2.88. The van der Waals surface area contributed by atoms with Crippen LogP contribution in [-0.2, 0) is 6.42 Å². The molecule has 0 radical (unpaired) electrons. The van der Waals surface area contributed by atoms with Gasteiger partial charge in [0.1, 0.15) is 17.0 Å². The number of allylic oxidation sites excluding steroid dienone is 1. The van der Waals surface area contributed by atoms with Crippen LogP contribution in [0.1, 0.15) is 16.7 Å². The van der Waals surface area contributed by atoms with E-state index in [1.54, 1.807) is 0 Å². The van der Waals surface area contributed by atoms with Gasteiger partial charge in [-0.05, 0) is 101 Å². The molecule has 2 N–H and O–H groups in total. The van der Waals surface area contributed by atoms with Crippen LogP contribution in [0.3, 0.4) is 0 Å². The van der Waals surface area contributed by atoms with E-state index in [0.717, 1.165) is 55.5 Å². The second-order valence-electron chi connectivity index (χ2n) is 15.6. The highest BCUT2D eigenvalue weighted by atomic mass is 16.3. The molecule has 0 atom stereocenters. The van der Waals surface area contributed by atoms with Gasteiger partial charge in [0.2, 0.25) is 0 Å². The minimum Gasteiger partial charge on any atom is -0.456 e. The number of para-hydroxylation sites is 1. The quantitative estimate of drug-likeness (QED) is 0.0722. The van der Waals surface area contributed by atoms with E-state index in [1.165, 1.54) is 54.6 Å². The SMILES string of the molecule is NC(=N/C(=C\Cc1ccc(-c2ccc3oc4ccccc4c3c2)cc1)c1ccc(-c2c3ccccc3c(-c3ccccc3)c3ccc4ccccc4c23)cc1)c1ccccc1. The van der Waals surface area contributed by atoms with E-state index in [9.17, 15) is 0 Å². The Morgan fingerprint density at radius 1 is 0.426 bits per heavy atom. The molecule has 11 rings (SSSR count). The molecule has 0 unspecified atom stereocenters. The Kier molecular flexibility index (Phi) is 9.05. The van der Waals surface area contributed by atoms with E-state index >= 15 is 0 Å². The molecule has 0 aliphatic heterocycles. The van der Waals surface area contributed by atoms with E-state index in [-0.39, 0.29) is 0 Å². The van der Waals surface area contributed by atoms with Gasteiger partial charge in [-0.2, -0.15) is 0 Å². The van der Waals surface area contributed by atoms with Crippen molar-refractivity contribution in [2.45, 2.75) is 6.42 Å². The average Bonchev–Trinajstić information content (AvgIpc) is 3.71. The lowest BCUT2D eigenvalue weighted by molar-refractivity contribution is 0.669. The van der Waals surface area contributed by atoms with Crippen LogP contribution in [-0.4, -0.2) is 5.84 Å². The van der Waals surface area contributed by atoms with E-state index in [4.69, 9.17) is 15.1 Å². The topological polar surface area (TPSA) is 51.5 Å². The lowest BCUT2D eigenvalue weighted by Gasteiger charge is -2.19. The molecule has 0 spiro atoms. The van der Waals surface area contributed by atoms with Crippen molar-refractivity contribution in [2.75, 3.05) is 0 Å². The number of hydrogen-bond acceptors (Lipinski definition) is 2. The van der Waals surface area contributed by atoms with Crippen molar-refractivity contribution in [3.8, 4) is 33.4 Å². The van der Waals surface area contributed by atoms with Crippen LogP contribution in [0, 0.1) is 0 Å². The molecule has 3 heteroatoms. The molecule has 0 amide bonds. The highest BCUT2D eigenvalue weighted by Crippen LogP contribution is 2.46. The number of nitrogens with two attached hydrogens (primary N) is 1. The number of nitrogens with zero attached hydrogens (tertiary/aromatic N) is 1. The van der Waals surface area contributed by atoms with Crippen molar-refractivity contribution in [2.24, 2.45) is 10.7 Å². The van der Waals surface area contributed by atoms with Gasteiger partial charge in [0.25, 0.3) is 0 Å². The Labute approximate surface area is 354 Å². The third-order valence-electron chi connectivity index (χ3n) is 12.0. The third-order valence-corrected chi connectivity index (χ3v) is 12.0. The van der Waals surface area contributed by atoms with Crippen molar-refractivity contribution in [3.63, 3.8) is 0 Å². The van der Waals surface area contributed by atoms with E-state index in [0.29, 0.717) is 12.3 Å². The van der Waals surface area contributed by atoms with Crippen molar-refractivity contribution >= 4 is 65.8 Å². The fourth-order valence-electron chi connectivity index (χ4n) is 8.96. The van der Waals surface area contributed by atoms with Gasteiger partial charge in [-0.25, -0.2) is 4.99 Å². The number of furan rings is 1. The molecule has 0 saturated heterocycles. The third kappa shape index (κ3) is 6.63. The fourth-order valence-corrected chi connectivity index (χ4v) is 8.96. The number of benzene rings is 10. The predicted octanol–water partition coefficient (Wildman–Crippen LogP) is 15.0. The largest absolute Gasteiger partial charge is 0.456 e. The van der Waals surface area contributed by atoms with Gasteiger partial charge < -0.3 is 10.2 Å². The maximum atomic E-state index is 6.72. The maximum absolute atomic E-state index is 6.72. The molecule has 0 bridgehead atoms. The second kappa shape index (κ2) is 15.3. The first-order valence-corrected chi connectivity index (χ1v) is 20.8. The summed E-state index contributed by atoms with van der Waals surface area (Å²) in [4.78, 5) is 5.08. The van der Waals surface area contributed by atoms with E-state index in [2.05, 4.69) is 176 Å². The minimum absolute atomic E-state index is 0.480. The molecule has 11 aromatic rings. The summed E-state index contributed by atoms with van der Waals surface area (Å²) in [6, 6.07) is 75.2. The maximum Gasteiger partial charge on any atom is 0.135 e. The summed E-state index contributed by atoms with van der Waals surface area (Å²) >= 11 is 0. The van der Waals surface area contributed by atoms with Crippen LogP contribution < -0.4 is 5.73 Å². The smallest absolute Gasteiger partial charge is 0.135 e. The number of rotatable bonds is 8. The van der Waals surface area contributed by atoms with E-state index in [1.807, 2.05) is 42.5 Å². The molecule has 0 fully saturated rings. The second-order valence-corrected chi connectivity index (χ2v) is 15.6. The van der Waals surface area contributed by atoms with Crippen molar-refractivity contribution < 1.29 is 4.42 Å². The highest BCUT2D eigenvalue weighted by molar-refractivity contribution is 6.28. The fraction of sp³-hybridized carbons (Fsp3) is 0.0172. The zero-order valence-electron chi connectivity index (χ0n) is 33.4. The summed E-state index contributed by atoms with van der Waals surface area (Å²) in [5, 5.41) is 9.68. The van der Waals surface area contributed by atoms with E-state index < -0.39 is 0 Å². The van der Waals surface area contributed by atoms with Gasteiger partial charge in [0.05, 0.1) is 5.70 Å². The van der Waals surface area contributed by atoms with Gasteiger partial charge >= 0.3 is 0 Å². The number of amidine groups is 1. The van der Waals surface area contributed by atoms with Crippen LogP contribution in [0.25, 0.3) is 93.3 Å². The monoisotopic (exact) mass is 780 g/mol. The summed E-state index contributed by atoms with van der Waals surface area (Å²) in [5.41, 5.74) is 19.6. The lowest BCUT2D eigenvalue weighted by Crippen LogP contribution is -2.13. The summed E-state index contributed by atoms with van der Waals surface area (Å²) < 4.78 is 6.08. The molecule has 288 valence electrons. The Hall–Kier alpha value is -8.01. The van der Waals surface area contributed by atoms with Gasteiger partial charge in [-0.3, -0.25) is 0 Å². The zero-order chi connectivity index (χ0) is 40.7. The molecule has 61 heavy (non-hydrogen) atoms.